The van der Waals surface area contributed by atoms with Gasteiger partial charge in [-0.25, -0.2) is 0 Å². The quantitative estimate of drug-likeness (QED) is 0.236. The number of hydrogen-bond donors (Lipinski definition) is 0. The van der Waals surface area contributed by atoms with Crippen molar-refractivity contribution in [3.05, 3.63) is 71.8 Å². The summed E-state index contributed by atoms with van der Waals surface area (Å²) < 4.78 is 5.66. The summed E-state index contributed by atoms with van der Waals surface area (Å²) in [7, 11) is 0. The van der Waals surface area contributed by atoms with Crippen LogP contribution in [0.25, 0.3) is 51.1 Å². The van der Waals surface area contributed by atoms with Crippen LogP contribution in [0.15, 0.2) is 60.7 Å². The maximum absolute atomic E-state index is 2.43. The molecule has 0 atom stereocenters. The van der Waals surface area contributed by atoms with E-state index in [2.05, 4.69) is 74.5 Å². The molecule has 4 aromatic carbocycles. The molecule has 0 aliphatic rings. The number of benzene rings is 4. The highest BCUT2D eigenvalue weighted by atomic mass is 32.1. The summed E-state index contributed by atoms with van der Waals surface area (Å²) in [6.07, 6.45) is 7.40. The smallest absolute Gasteiger partial charge is 0.0361 e. The molecule has 0 spiro atoms. The van der Waals surface area contributed by atoms with E-state index >= 15 is 0 Å². The molecule has 0 saturated heterocycles. The molecule has 2 heterocycles. The monoisotopic (exact) mass is 452 g/mol. The van der Waals surface area contributed by atoms with E-state index < -0.39 is 0 Å². The van der Waals surface area contributed by atoms with Crippen molar-refractivity contribution >= 4 is 73.8 Å². The third-order valence-corrected chi connectivity index (χ3v) is 9.07. The molecule has 0 radical (unpaired) electrons. The maximum atomic E-state index is 2.43. The number of thiophene rings is 2. The number of aryl methyl sites for hydroxylation is 2. The molecular formula is C30H28S2. The van der Waals surface area contributed by atoms with Crippen molar-refractivity contribution in [3.63, 3.8) is 0 Å². The number of hydrogen-bond acceptors (Lipinski definition) is 2. The van der Waals surface area contributed by atoms with Gasteiger partial charge in [0.25, 0.3) is 0 Å². The summed E-state index contributed by atoms with van der Waals surface area (Å²) >= 11 is 3.89. The van der Waals surface area contributed by atoms with Crippen molar-refractivity contribution in [1.82, 2.24) is 0 Å². The summed E-state index contributed by atoms with van der Waals surface area (Å²) in [5, 5.41) is 8.50. The summed E-state index contributed by atoms with van der Waals surface area (Å²) in [4.78, 5) is 0. The molecule has 6 rings (SSSR count). The lowest BCUT2D eigenvalue weighted by molar-refractivity contribution is 0.796. The Morgan fingerprint density at radius 2 is 0.938 bits per heavy atom. The largest absolute Gasteiger partial charge is 0.135 e. The van der Waals surface area contributed by atoms with E-state index in [1.165, 1.54) is 101 Å². The van der Waals surface area contributed by atoms with Crippen molar-refractivity contribution in [1.29, 1.82) is 0 Å². The Kier molecular flexibility index (Phi) is 5.16. The van der Waals surface area contributed by atoms with Crippen LogP contribution in [0.5, 0.6) is 0 Å². The Hall–Kier alpha value is -2.42. The third-order valence-electron chi connectivity index (χ3n) is 6.83. The summed E-state index contributed by atoms with van der Waals surface area (Å²) in [5.41, 5.74) is 2.95. The van der Waals surface area contributed by atoms with Crippen LogP contribution >= 0.6 is 22.7 Å². The Balaban J connectivity index is 1.58. The molecule has 32 heavy (non-hydrogen) atoms. The van der Waals surface area contributed by atoms with Crippen LogP contribution in [0, 0.1) is 0 Å². The summed E-state index contributed by atoms with van der Waals surface area (Å²) in [6.45, 7) is 4.54. The second kappa shape index (κ2) is 8.17. The van der Waals surface area contributed by atoms with Gasteiger partial charge in [0.05, 0.1) is 0 Å². The number of fused-ring (bicyclic) bond motifs is 9. The van der Waals surface area contributed by atoms with Gasteiger partial charge < -0.3 is 0 Å². The fourth-order valence-corrected chi connectivity index (χ4v) is 7.49. The molecule has 0 amide bonds. The molecule has 0 bridgehead atoms. The first-order chi connectivity index (χ1) is 15.8. The zero-order valence-corrected chi connectivity index (χ0v) is 20.5. The zero-order chi connectivity index (χ0) is 21.7. The number of unbranched alkanes of at least 4 members (excludes halogenated alkanes) is 2. The lowest BCUT2D eigenvalue weighted by Gasteiger charge is -2.05. The second-order valence-corrected chi connectivity index (χ2v) is 11.2. The molecule has 0 fully saturated rings. The van der Waals surface area contributed by atoms with Crippen molar-refractivity contribution in [2.75, 3.05) is 0 Å². The molecule has 0 aliphatic heterocycles. The maximum Gasteiger partial charge on any atom is 0.0361 e. The van der Waals surface area contributed by atoms with Gasteiger partial charge in [-0.2, -0.15) is 0 Å². The zero-order valence-electron chi connectivity index (χ0n) is 18.8. The predicted molar refractivity (Wildman–Crippen MR) is 147 cm³/mol. The summed E-state index contributed by atoms with van der Waals surface area (Å²) in [5.74, 6) is 0. The van der Waals surface area contributed by atoms with E-state index in [1.54, 1.807) is 0 Å². The van der Waals surface area contributed by atoms with Gasteiger partial charge in [-0.1, -0.05) is 63.1 Å². The van der Waals surface area contributed by atoms with Crippen LogP contribution < -0.4 is 0 Å². The molecule has 0 aliphatic carbocycles. The normalized spacial score (nSPS) is 12.2. The predicted octanol–water partition coefficient (Wildman–Crippen LogP) is 10.3. The minimum Gasteiger partial charge on any atom is -0.135 e. The highest BCUT2D eigenvalue weighted by Gasteiger charge is 2.14. The molecular weight excluding hydrogens is 424 g/mol. The van der Waals surface area contributed by atoms with Gasteiger partial charge in [0.15, 0.2) is 0 Å². The average molecular weight is 453 g/mol. The van der Waals surface area contributed by atoms with E-state index in [9.17, 15) is 0 Å². The van der Waals surface area contributed by atoms with E-state index in [1.807, 2.05) is 22.7 Å². The van der Waals surface area contributed by atoms with Gasteiger partial charge in [0.2, 0.25) is 0 Å². The summed E-state index contributed by atoms with van der Waals surface area (Å²) in [6, 6.07) is 23.7. The Morgan fingerprint density at radius 1 is 0.500 bits per heavy atom. The molecule has 2 aromatic heterocycles. The van der Waals surface area contributed by atoms with Crippen LogP contribution in [-0.2, 0) is 12.8 Å². The van der Waals surface area contributed by atoms with Crippen LogP contribution in [0.1, 0.15) is 50.7 Å². The minimum absolute atomic E-state index is 1.18. The van der Waals surface area contributed by atoms with E-state index in [-0.39, 0.29) is 0 Å². The molecule has 0 unspecified atom stereocenters. The second-order valence-electron chi connectivity index (χ2n) is 9.04. The van der Waals surface area contributed by atoms with Crippen LogP contribution in [-0.4, -0.2) is 0 Å². The highest BCUT2D eigenvalue weighted by Crippen LogP contribution is 2.44. The molecule has 6 aromatic rings. The fraction of sp³-hybridized carbons (Fsp3) is 0.267. The van der Waals surface area contributed by atoms with Crippen molar-refractivity contribution in [3.8, 4) is 0 Å². The van der Waals surface area contributed by atoms with Gasteiger partial charge in [-0.15, -0.1) is 22.7 Å². The van der Waals surface area contributed by atoms with E-state index in [0.717, 1.165) is 0 Å². The Morgan fingerprint density at radius 3 is 1.38 bits per heavy atom. The molecule has 2 heteroatoms. The average Bonchev–Trinajstić information content (AvgIpc) is 3.38. The number of rotatable bonds is 6. The first-order valence-electron chi connectivity index (χ1n) is 12.0. The van der Waals surface area contributed by atoms with Crippen LogP contribution in [0.2, 0.25) is 0 Å². The van der Waals surface area contributed by atoms with Gasteiger partial charge in [0, 0.05) is 40.3 Å². The van der Waals surface area contributed by atoms with Crippen molar-refractivity contribution in [2.45, 2.75) is 52.4 Å². The van der Waals surface area contributed by atoms with Crippen LogP contribution in [0.4, 0.5) is 0 Å². The fourth-order valence-electron chi connectivity index (χ4n) is 5.12. The Labute approximate surface area is 197 Å². The van der Waals surface area contributed by atoms with Gasteiger partial charge in [-0.3, -0.25) is 0 Å². The van der Waals surface area contributed by atoms with Gasteiger partial charge in [-0.05, 0) is 71.8 Å². The molecule has 0 N–H and O–H groups in total. The lowest BCUT2D eigenvalue weighted by Crippen LogP contribution is -1.83. The first-order valence-corrected chi connectivity index (χ1v) is 13.6. The van der Waals surface area contributed by atoms with Crippen molar-refractivity contribution in [2.24, 2.45) is 0 Å². The van der Waals surface area contributed by atoms with Crippen LogP contribution in [0.3, 0.4) is 0 Å². The van der Waals surface area contributed by atoms with Gasteiger partial charge >= 0.3 is 0 Å². The molecule has 0 nitrogen and oxygen atoms in total. The first kappa shape index (κ1) is 20.2. The lowest BCUT2D eigenvalue weighted by atomic mass is 9.98. The van der Waals surface area contributed by atoms with E-state index in [0.29, 0.717) is 0 Å². The minimum atomic E-state index is 1.18. The standard InChI is InChI=1S/C30H28S2/c1-3-5-7-19-9-11-23-27(17-19)31-25-15-13-22-21(29(23)25)14-16-26-30(22)24-12-10-20(8-6-4-2)18-28(24)32-26/h9-18H,3-8H2,1-2H3. The molecule has 0 saturated carbocycles. The third kappa shape index (κ3) is 3.24. The molecule has 160 valence electrons. The Bertz CT molecular complexity index is 1470. The SMILES string of the molecule is CCCCc1ccc2c(c1)sc1ccc3c(ccc4sc5cc(CCCC)ccc5c43)c12. The van der Waals surface area contributed by atoms with E-state index in [4.69, 9.17) is 0 Å². The van der Waals surface area contributed by atoms with Crippen molar-refractivity contribution < 1.29 is 0 Å². The highest BCUT2D eigenvalue weighted by molar-refractivity contribution is 7.26. The topological polar surface area (TPSA) is 0 Å². The van der Waals surface area contributed by atoms with Gasteiger partial charge in [0.1, 0.15) is 0 Å².